The fourth-order valence-corrected chi connectivity index (χ4v) is 1.11. The van der Waals surface area contributed by atoms with E-state index in [1.165, 1.54) is 10.9 Å². The van der Waals surface area contributed by atoms with Crippen LogP contribution in [0.1, 0.15) is 6.92 Å². The molecule has 15 heavy (non-hydrogen) atoms. The van der Waals surface area contributed by atoms with Crippen LogP contribution >= 0.6 is 0 Å². The molecule has 0 unspecified atom stereocenters. The zero-order chi connectivity index (χ0) is 11.3. The van der Waals surface area contributed by atoms with Gasteiger partial charge in [0, 0.05) is 6.61 Å². The molecule has 0 aliphatic heterocycles. The molecule has 0 spiro atoms. The van der Waals surface area contributed by atoms with Gasteiger partial charge in [0.15, 0.2) is 0 Å². The molecule has 0 aliphatic carbocycles. The number of rotatable bonds is 5. The molecule has 0 saturated carbocycles. The lowest BCUT2D eigenvalue weighted by molar-refractivity contribution is 0.00877. The van der Waals surface area contributed by atoms with Gasteiger partial charge >= 0.3 is 5.69 Å². The van der Waals surface area contributed by atoms with Gasteiger partial charge < -0.3 is 15.6 Å². The predicted molar refractivity (Wildman–Crippen MR) is 53.2 cm³/mol. The van der Waals surface area contributed by atoms with E-state index in [4.69, 9.17) is 15.6 Å². The van der Waals surface area contributed by atoms with Gasteiger partial charge in [-0.25, -0.2) is 9.78 Å². The summed E-state index contributed by atoms with van der Waals surface area (Å²) in [5.41, 5.74) is 4.73. The number of aliphatic hydroxyl groups excluding tert-OH is 1. The number of hydrogen-bond acceptors (Lipinski definition) is 6. The van der Waals surface area contributed by atoms with Crippen molar-refractivity contribution in [3.05, 3.63) is 16.8 Å². The molecule has 0 aromatic carbocycles. The zero-order valence-corrected chi connectivity index (χ0v) is 8.46. The second-order valence-electron chi connectivity index (χ2n) is 2.91. The first-order chi connectivity index (χ1) is 7.17. The third-order valence-electron chi connectivity index (χ3n) is 1.79. The molecule has 7 nitrogen and oxygen atoms in total. The van der Waals surface area contributed by atoms with Crippen molar-refractivity contribution in [1.29, 1.82) is 0 Å². The van der Waals surface area contributed by atoms with Crippen molar-refractivity contribution in [2.24, 2.45) is 0 Å². The van der Waals surface area contributed by atoms with Crippen molar-refractivity contribution < 1.29 is 9.84 Å². The van der Waals surface area contributed by atoms with Crippen molar-refractivity contribution in [3.8, 4) is 0 Å². The standard InChI is InChI=1S/C8H14N4O3/c1-2-15-6(4-13)3-12-5-10-7(9)11-8(12)14/h5-6,13H,2-4H2,1H3,(H2,9,11,14)/t6-/m0/s1. The smallest absolute Gasteiger partial charge is 0.352 e. The number of nitrogen functional groups attached to an aromatic ring is 1. The molecule has 0 fully saturated rings. The van der Waals surface area contributed by atoms with Gasteiger partial charge in [0.2, 0.25) is 5.95 Å². The van der Waals surface area contributed by atoms with Gasteiger partial charge in [-0.2, -0.15) is 4.98 Å². The number of ether oxygens (including phenoxy) is 1. The van der Waals surface area contributed by atoms with Crippen LogP contribution in [-0.4, -0.2) is 39.0 Å². The Hall–Kier alpha value is -1.47. The number of nitrogens with zero attached hydrogens (tertiary/aromatic N) is 3. The third kappa shape index (κ3) is 3.30. The topological polar surface area (TPSA) is 103 Å². The molecule has 7 heteroatoms. The van der Waals surface area contributed by atoms with Crippen molar-refractivity contribution in [2.45, 2.75) is 19.6 Å². The van der Waals surface area contributed by atoms with Crippen LogP contribution in [-0.2, 0) is 11.3 Å². The van der Waals surface area contributed by atoms with E-state index in [9.17, 15) is 4.79 Å². The summed E-state index contributed by atoms with van der Waals surface area (Å²) in [7, 11) is 0. The van der Waals surface area contributed by atoms with E-state index in [1.54, 1.807) is 0 Å². The summed E-state index contributed by atoms with van der Waals surface area (Å²) in [5.74, 6) is -0.0618. The van der Waals surface area contributed by atoms with Crippen LogP contribution in [0.4, 0.5) is 5.95 Å². The van der Waals surface area contributed by atoms with Crippen molar-refractivity contribution in [1.82, 2.24) is 14.5 Å². The first kappa shape index (κ1) is 11.6. The predicted octanol–water partition coefficient (Wildman–Crippen LogP) is -1.38. The summed E-state index contributed by atoms with van der Waals surface area (Å²) in [6.07, 6.45) is 0.853. The van der Waals surface area contributed by atoms with Crippen LogP contribution in [0.25, 0.3) is 0 Å². The largest absolute Gasteiger partial charge is 0.394 e. The molecule has 0 amide bonds. The molecular weight excluding hydrogens is 200 g/mol. The maximum Gasteiger partial charge on any atom is 0.352 e. The first-order valence-corrected chi connectivity index (χ1v) is 4.58. The summed E-state index contributed by atoms with van der Waals surface area (Å²) < 4.78 is 6.43. The highest BCUT2D eigenvalue weighted by Gasteiger charge is 2.09. The first-order valence-electron chi connectivity index (χ1n) is 4.58. The highest BCUT2D eigenvalue weighted by Crippen LogP contribution is 1.94. The van der Waals surface area contributed by atoms with E-state index in [-0.39, 0.29) is 19.1 Å². The monoisotopic (exact) mass is 214 g/mol. The summed E-state index contributed by atoms with van der Waals surface area (Å²) in [6.45, 7) is 2.33. The Labute approximate surface area is 86.5 Å². The van der Waals surface area contributed by atoms with Crippen molar-refractivity contribution in [2.75, 3.05) is 18.9 Å². The summed E-state index contributed by atoms with van der Waals surface area (Å²) >= 11 is 0. The number of aromatic nitrogens is 3. The fourth-order valence-electron chi connectivity index (χ4n) is 1.11. The minimum absolute atomic E-state index is 0.0618. The van der Waals surface area contributed by atoms with Gasteiger partial charge in [-0.05, 0) is 6.92 Å². The minimum Gasteiger partial charge on any atom is -0.394 e. The van der Waals surface area contributed by atoms with Crippen LogP contribution in [0.5, 0.6) is 0 Å². The third-order valence-corrected chi connectivity index (χ3v) is 1.79. The maximum atomic E-state index is 11.3. The lowest BCUT2D eigenvalue weighted by Crippen LogP contribution is -2.32. The van der Waals surface area contributed by atoms with E-state index in [2.05, 4.69) is 9.97 Å². The zero-order valence-electron chi connectivity index (χ0n) is 8.46. The van der Waals surface area contributed by atoms with Gasteiger partial charge in [-0.3, -0.25) is 4.57 Å². The van der Waals surface area contributed by atoms with Gasteiger partial charge in [-0.1, -0.05) is 0 Å². The van der Waals surface area contributed by atoms with E-state index in [1.807, 2.05) is 6.92 Å². The lowest BCUT2D eigenvalue weighted by atomic mass is 10.4. The Kier molecular flexibility index (Phi) is 4.19. The highest BCUT2D eigenvalue weighted by molar-refractivity contribution is 5.09. The van der Waals surface area contributed by atoms with Crippen LogP contribution in [0.2, 0.25) is 0 Å². The van der Waals surface area contributed by atoms with E-state index < -0.39 is 11.8 Å². The minimum atomic E-state index is -0.499. The molecule has 1 heterocycles. The molecule has 1 rings (SSSR count). The van der Waals surface area contributed by atoms with Crippen LogP contribution < -0.4 is 11.4 Å². The van der Waals surface area contributed by atoms with Gasteiger partial charge in [0.05, 0.1) is 19.3 Å². The summed E-state index contributed by atoms with van der Waals surface area (Å²) in [5, 5.41) is 8.96. The fraction of sp³-hybridized carbons (Fsp3) is 0.625. The SMILES string of the molecule is CCO[C@H](CO)Cn1cnc(N)nc1=O. The van der Waals surface area contributed by atoms with Gasteiger partial charge in [0.1, 0.15) is 6.33 Å². The van der Waals surface area contributed by atoms with Crippen molar-refractivity contribution in [3.63, 3.8) is 0 Å². The molecule has 0 aliphatic rings. The molecular formula is C8H14N4O3. The van der Waals surface area contributed by atoms with Crippen LogP contribution in [0, 0.1) is 0 Å². The average Bonchev–Trinajstić information content (AvgIpc) is 2.21. The number of hydrogen-bond donors (Lipinski definition) is 2. The molecule has 0 radical (unpaired) electrons. The number of nitrogens with two attached hydrogens (primary N) is 1. The van der Waals surface area contributed by atoms with Crippen LogP contribution in [0.3, 0.4) is 0 Å². The molecule has 1 aromatic rings. The maximum absolute atomic E-state index is 11.3. The Morgan fingerprint density at radius 2 is 2.47 bits per heavy atom. The van der Waals surface area contributed by atoms with Crippen LogP contribution in [0.15, 0.2) is 11.1 Å². The highest BCUT2D eigenvalue weighted by atomic mass is 16.5. The normalized spacial score (nSPS) is 12.7. The molecule has 1 aromatic heterocycles. The Bertz CT molecular complexity index is 365. The van der Waals surface area contributed by atoms with E-state index in [0.717, 1.165) is 0 Å². The molecule has 3 N–H and O–H groups in total. The molecule has 0 bridgehead atoms. The Balaban J connectivity index is 2.75. The number of anilines is 1. The lowest BCUT2D eigenvalue weighted by Gasteiger charge is -2.14. The molecule has 1 atom stereocenters. The van der Waals surface area contributed by atoms with Crippen molar-refractivity contribution >= 4 is 5.95 Å². The average molecular weight is 214 g/mol. The molecule has 0 saturated heterocycles. The Morgan fingerprint density at radius 3 is 3.00 bits per heavy atom. The van der Waals surface area contributed by atoms with Gasteiger partial charge in [-0.15, -0.1) is 0 Å². The quantitative estimate of drug-likeness (QED) is 0.626. The summed E-state index contributed by atoms with van der Waals surface area (Å²) in [4.78, 5) is 18.4. The second-order valence-corrected chi connectivity index (χ2v) is 2.91. The number of aliphatic hydroxyl groups is 1. The van der Waals surface area contributed by atoms with E-state index >= 15 is 0 Å². The van der Waals surface area contributed by atoms with Gasteiger partial charge in [0.25, 0.3) is 0 Å². The van der Waals surface area contributed by atoms with E-state index in [0.29, 0.717) is 6.61 Å². The Morgan fingerprint density at radius 1 is 1.73 bits per heavy atom. The molecule has 84 valence electrons. The summed E-state index contributed by atoms with van der Waals surface area (Å²) in [6, 6.07) is 0. The second kappa shape index (κ2) is 5.42.